The number of hydrogen-bond donors (Lipinski definition) is 2. The van der Waals surface area contributed by atoms with Crippen molar-refractivity contribution in [2.24, 2.45) is 0 Å². The zero-order chi connectivity index (χ0) is 23.6. The van der Waals surface area contributed by atoms with E-state index in [1.807, 2.05) is 36.4 Å². The highest BCUT2D eigenvalue weighted by atomic mass is 16.5. The van der Waals surface area contributed by atoms with Crippen molar-refractivity contribution < 1.29 is 24.2 Å². The van der Waals surface area contributed by atoms with Gasteiger partial charge in [-0.15, -0.1) is 0 Å². The molecule has 0 aliphatic carbocycles. The van der Waals surface area contributed by atoms with Crippen molar-refractivity contribution in [3.63, 3.8) is 0 Å². The number of carbonyl (C=O) groups excluding carboxylic acids is 1. The van der Waals surface area contributed by atoms with E-state index < -0.39 is 11.9 Å². The van der Waals surface area contributed by atoms with Crippen molar-refractivity contribution in [2.75, 3.05) is 7.11 Å². The summed E-state index contributed by atoms with van der Waals surface area (Å²) in [4.78, 5) is 23.6. The van der Waals surface area contributed by atoms with Gasteiger partial charge in [0.25, 0.3) is 5.91 Å². The summed E-state index contributed by atoms with van der Waals surface area (Å²) in [6, 6.07) is 22.8. The quantitative estimate of drug-likeness (QED) is 0.380. The molecule has 0 aliphatic heterocycles. The molecule has 3 aromatic rings. The molecule has 0 saturated carbocycles. The summed E-state index contributed by atoms with van der Waals surface area (Å²) in [6.45, 7) is 0.440. The molecule has 7 heteroatoms. The third kappa shape index (κ3) is 6.21. The Kier molecular flexibility index (Phi) is 7.81. The number of carbonyl (C=O) groups is 2. The third-order valence-electron chi connectivity index (χ3n) is 4.77. The topological polar surface area (TPSA) is 109 Å². The first-order valence-corrected chi connectivity index (χ1v) is 10.1. The van der Waals surface area contributed by atoms with Crippen LogP contribution < -0.4 is 14.8 Å². The molecule has 166 valence electrons. The van der Waals surface area contributed by atoms with Crippen LogP contribution in [-0.4, -0.2) is 24.1 Å². The fourth-order valence-corrected chi connectivity index (χ4v) is 3.04. The smallest absolute Gasteiger partial charge is 0.335 e. The van der Waals surface area contributed by atoms with Gasteiger partial charge in [-0.25, -0.2) is 4.79 Å². The van der Waals surface area contributed by atoms with Crippen molar-refractivity contribution in [2.45, 2.75) is 13.2 Å². The first kappa shape index (κ1) is 23.1. The Labute approximate surface area is 191 Å². The summed E-state index contributed by atoms with van der Waals surface area (Å²) in [7, 11) is 1.50. The van der Waals surface area contributed by atoms with E-state index in [2.05, 4.69) is 5.32 Å². The summed E-state index contributed by atoms with van der Waals surface area (Å²) in [5.41, 5.74) is 2.28. The molecule has 3 rings (SSSR count). The highest BCUT2D eigenvalue weighted by molar-refractivity contribution is 6.02. The Morgan fingerprint density at radius 1 is 1.00 bits per heavy atom. The van der Waals surface area contributed by atoms with Crippen LogP contribution in [0.5, 0.6) is 11.5 Å². The Hall–Kier alpha value is -4.57. The molecule has 0 aliphatic rings. The summed E-state index contributed by atoms with van der Waals surface area (Å²) >= 11 is 0. The first-order chi connectivity index (χ1) is 16.0. The SMILES string of the molecule is COc1cccc(/C=C(/C#N)C(=O)NCc2ccccc2)c1OCc1ccc(C(=O)O)cc1. The molecule has 1 amide bonds. The standard InChI is InChI=1S/C26H22N2O5/c1-32-23-9-5-8-21(24(23)33-17-19-10-12-20(13-11-19)26(30)31)14-22(15-27)25(29)28-16-18-6-3-2-4-7-18/h2-14H,16-17H2,1H3,(H,28,29)(H,30,31)/b22-14-. The van der Waals surface area contributed by atoms with E-state index in [1.54, 1.807) is 30.3 Å². The number of nitrogens with zero attached hydrogens (tertiary/aromatic N) is 1. The molecule has 0 saturated heterocycles. The number of benzene rings is 3. The number of nitrogens with one attached hydrogen (secondary N) is 1. The second kappa shape index (κ2) is 11.2. The van der Waals surface area contributed by atoms with Crippen LogP contribution in [0.15, 0.2) is 78.4 Å². The van der Waals surface area contributed by atoms with Gasteiger partial charge in [-0.05, 0) is 35.4 Å². The number of methoxy groups -OCH3 is 1. The normalized spacial score (nSPS) is 10.7. The maximum Gasteiger partial charge on any atom is 0.335 e. The minimum Gasteiger partial charge on any atom is -0.493 e. The van der Waals surface area contributed by atoms with Gasteiger partial charge in [0.05, 0.1) is 12.7 Å². The first-order valence-electron chi connectivity index (χ1n) is 10.1. The molecule has 0 fully saturated rings. The molecule has 0 unspecified atom stereocenters. The highest BCUT2D eigenvalue weighted by Gasteiger charge is 2.14. The van der Waals surface area contributed by atoms with Crippen LogP contribution in [0.4, 0.5) is 0 Å². The van der Waals surface area contributed by atoms with Crippen LogP contribution in [0.1, 0.15) is 27.0 Å². The fraction of sp³-hybridized carbons (Fsp3) is 0.115. The van der Waals surface area contributed by atoms with Crippen LogP contribution in [0.2, 0.25) is 0 Å². The Balaban J connectivity index is 1.79. The van der Waals surface area contributed by atoms with Crippen LogP contribution in [0.25, 0.3) is 6.08 Å². The number of rotatable bonds is 9. The van der Waals surface area contributed by atoms with Gasteiger partial charge in [-0.1, -0.05) is 54.6 Å². The summed E-state index contributed by atoms with van der Waals surface area (Å²) in [5.74, 6) is -0.701. The molecule has 0 heterocycles. The van der Waals surface area contributed by atoms with E-state index in [0.717, 1.165) is 11.1 Å². The molecule has 0 radical (unpaired) electrons. The van der Waals surface area contributed by atoms with Gasteiger partial charge < -0.3 is 19.9 Å². The van der Waals surface area contributed by atoms with Gasteiger partial charge in [0.15, 0.2) is 11.5 Å². The summed E-state index contributed by atoms with van der Waals surface area (Å²) in [6.07, 6.45) is 1.45. The van der Waals surface area contributed by atoms with E-state index in [0.29, 0.717) is 23.6 Å². The molecule has 0 bridgehead atoms. The number of nitriles is 1. The molecule has 33 heavy (non-hydrogen) atoms. The second-order valence-corrected chi connectivity index (χ2v) is 7.01. The molecule has 0 spiro atoms. The average Bonchev–Trinajstić information content (AvgIpc) is 2.85. The highest BCUT2D eigenvalue weighted by Crippen LogP contribution is 2.33. The van der Waals surface area contributed by atoms with Crippen LogP contribution >= 0.6 is 0 Å². The monoisotopic (exact) mass is 442 g/mol. The van der Waals surface area contributed by atoms with Gasteiger partial charge in [0.1, 0.15) is 18.2 Å². The van der Waals surface area contributed by atoms with Gasteiger partial charge >= 0.3 is 5.97 Å². The molecule has 7 nitrogen and oxygen atoms in total. The zero-order valence-corrected chi connectivity index (χ0v) is 17.9. The van der Waals surface area contributed by atoms with Gasteiger partial charge in [-0.2, -0.15) is 5.26 Å². The number of ether oxygens (including phenoxy) is 2. The van der Waals surface area contributed by atoms with Crippen molar-refractivity contribution >= 4 is 18.0 Å². The predicted molar refractivity (Wildman–Crippen MR) is 123 cm³/mol. The van der Waals surface area contributed by atoms with Crippen molar-refractivity contribution in [3.05, 3.63) is 101 Å². The van der Waals surface area contributed by atoms with Crippen molar-refractivity contribution in [1.82, 2.24) is 5.32 Å². The van der Waals surface area contributed by atoms with Crippen molar-refractivity contribution in [3.8, 4) is 17.6 Å². The Morgan fingerprint density at radius 3 is 2.36 bits per heavy atom. The van der Waals surface area contributed by atoms with Crippen LogP contribution in [0, 0.1) is 11.3 Å². The number of carboxylic acid groups (broad SMARTS) is 1. The number of carboxylic acids is 1. The number of hydrogen-bond acceptors (Lipinski definition) is 5. The van der Waals surface area contributed by atoms with Crippen LogP contribution in [0.3, 0.4) is 0 Å². The molecule has 3 aromatic carbocycles. The van der Waals surface area contributed by atoms with E-state index >= 15 is 0 Å². The molecular weight excluding hydrogens is 420 g/mol. The minimum absolute atomic E-state index is 0.0742. The predicted octanol–water partition coefficient (Wildman–Crippen LogP) is 4.20. The minimum atomic E-state index is -1.01. The lowest BCUT2D eigenvalue weighted by Gasteiger charge is -2.14. The number of aromatic carboxylic acids is 1. The average molecular weight is 442 g/mol. The van der Waals surface area contributed by atoms with Gasteiger partial charge in [0, 0.05) is 12.1 Å². The van der Waals surface area contributed by atoms with E-state index in [4.69, 9.17) is 14.6 Å². The maximum absolute atomic E-state index is 12.6. The summed E-state index contributed by atoms with van der Waals surface area (Å²) < 4.78 is 11.3. The maximum atomic E-state index is 12.6. The Morgan fingerprint density at radius 2 is 1.73 bits per heavy atom. The zero-order valence-electron chi connectivity index (χ0n) is 17.9. The third-order valence-corrected chi connectivity index (χ3v) is 4.77. The lowest BCUT2D eigenvalue weighted by Crippen LogP contribution is -2.23. The number of para-hydroxylation sites is 1. The van der Waals surface area contributed by atoms with Crippen molar-refractivity contribution in [1.29, 1.82) is 5.26 Å². The second-order valence-electron chi connectivity index (χ2n) is 7.01. The van der Waals surface area contributed by atoms with Gasteiger partial charge in [0.2, 0.25) is 0 Å². The molecular formula is C26H22N2O5. The van der Waals surface area contributed by atoms with E-state index in [1.165, 1.54) is 25.3 Å². The van der Waals surface area contributed by atoms with E-state index in [-0.39, 0.29) is 17.7 Å². The largest absolute Gasteiger partial charge is 0.493 e. The summed E-state index contributed by atoms with van der Waals surface area (Å²) in [5, 5.41) is 21.3. The van der Waals surface area contributed by atoms with Crippen LogP contribution in [-0.2, 0) is 17.9 Å². The molecule has 0 aromatic heterocycles. The number of amides is 1. The molecule has 2 N–H and O–H groups in total. The van der Waals surface area contributed by atoms with E-state index in [9.17, 15) is 14.9 Å². The lowest BCUT2D eigenvalue weighted by atomic mass is 10.1. The fourth-order valence-electron chi connectivity index (χ4n) is 3.04. The Bertz CT molecular complexity index is 1200. The molecule has 0 atom stereocenters. The lowest BCUT2D eigenvalue weighted by molar-refractivity contribution is -0.117. The van der Waals surface area contributed by atoms with Gasteiger partial charge in [-0.3, -0.25) is 4.79 Å².